The van der Waals surface area contributed by atoms with Crippen molar-refractivity contribution in [2.24, 2.45) is 0 Å². The van der Waals surface area contributed by atoms with Crippen molar-refractivity contribution in [3.05, 3.63) is 30.3 Å². The van der Waals surface area contributed by atoms with Crippen LogP contribution in [-0.4, -0.2) is 57.1 Å². The second-order valence-electron chi connectivity index (χ2n) is 5.64. The number of benzene rings is 1. The minimum Gasteiger partial charge on any atom is -0.369 e. The van der Waals surface area contributed by atoms with Crippen molar-refractivity contribution < 1.29 is 13.2 Å². The van der Waals surface area contributed by atoms with Crippen molar-refractivity contribution in [2.45, 2.75) is 19.8 Å². The largest absolute Gasteiger partial charge is 0.369 e. The van der Waals surface area contributed by atoms with E-state index in [9.17, 15) is 13.2 Å². The topological polar surface area (TPSA) is 69.7 Å². The average Bonchev–Trinajstić information content (AvgIpc) is 2.56. The third-order valence-electron chi connectivity index (χ3n) is 3.91. The maximum atomic E-state index is 12.3. The first-order valence-corrected chi connectivity index (χ1v) is 9.68. The van der Waals surface area contributed by atoms with E-state index in [0.717, 1.165) is 12.1 Å². The van der Waals surface area contributed by atoms with Crippen LogP contribution in [0.2, 0.25) is 0 Å². The lowest BCUT2D eigenvalue weighted by atomic mass is 10.2. The molecule has 1 amide bonds. The quantitative estimate of drug-likeness (QED) is 0.806. The van der Waals surface area contributed by atoms with Gasteiger partial charge in [0, 0.05) is 44.8 Å². The number of sulfonamides is 1. The van der Waals surface area contributed by atoms with Gasteiger partial charge >= 0.3 is 0 Å². The van der Waals surface area contributed by atoms with Crippen molar-refractivity contribution in [1.82, 2.24) is 9.62 Å². The van der Waals surface area contributed by atoms with Crippen LogP contribution in [0.1, 0.15) is 19.8 Å². The van der Waals surface area contributed by atoms with Gasteiger partial charge < -0.3 is 10.2 Å². The number of piperazine rings is 1. The second kappa shape index (κ2) is 8.31. The van der Waals surface area contributed by atoms with Crippen LogP contribution in [0.3, 0.4) is 0 Å². The molecule has 1 aliphatic heterocycles. The highest BCUT2D eigenvalue weighted by molar-refractivity contribution is 7.89. The molecule has 1 fully saturated rings. The van der Waals surface area contributed by atoms with Crippen molar-refractivity contribution in [3.63, 3.8) is 0 Å². The van der Waals surface area contributed by atoms with Crippen LogP contribution in [0, 0.1) is 0 Å². The van der Waals surface area contributed by atoms with Gasteiger partial charge in [0.25, 0.3) is 0 Å². The molecule has 0 unspecified atom stereocenters. The summed E-state index contributed by atoms with van der Waals surface area (Å²) >= 11 is 0. The summed E-state index contributed by atoms with van der Waals surface area (Å²) in [5, 5.41) is 2.66. The molecule has 0 atom stereocenters. The molecule has 128 valence electrons. The summed E-state index contributed by atoms with van der Waals surface area (Å²) in [4.78, 5) is 13.6. The van der Waals surface area contributed by atoms with E-state index < -0.39 is 10.0 Å². The number of anilines is 1. The summed E-state index contributed by atoms with van der Waals surface area (Å²) in [7, 11) is -3.31. The molecule has 7 heteroatoms. The maximum Gasteiger partial charge on any atom is 0.220 e. The lowest BCUT2D eigenvalue weighted by Gasteiger charge is -2.35. The molecule has 0 spiro atoms. The van der Waals surface area contributed by atoms with Gasteiger partial charge in [-0.2, -0.15) is 4.31 Å². The third kappa shape index (κ3) is 5.21. The Balaban J connectivity index is 1.80. The average molecular weight is 339 g/mol. The first-order chi connectivity index (χ1) is 11.0. The number of hydrogen-bond donors (Lipinski definition) is 1. The number of carbonyl (C=O) groups is 1. The predicted octanol–water partition coefficient (Wildman–Crippen LogP) is 1.05. The Morgan fingerprint density at radius 2 is 1.78 bits per heavy atom. The van der Waals surface area contributed by atoms with Gasteiger partial charge in [0.05, 0.1) is 5.75 Å². The van der Waals surface area contributed by atoms with Crippen LogP contribution >= 0.6 is 0 Å². The van der Waals surface area contributed by atoms with Gasteiger partial charge in [-0.25, -0.2) is 8.42 Å². The summed E-state index contributed by atoms with van der Waals surface area (Å²) in [5.41, 5.74) is 1.12. The van der Waals surface area contributed by atoms with Crippen molar-refractivity contribution >= 4 is 21.6 Å². The molecule has 0 aromatic heterocycles. The number of hydrogen-bond acceptors (Lipinski definition) is 4. The van der Waals surface area contributed by atoms with Gasteiger partial charge in [0.15, 0.2) is 0 Å². The molecule has 6 nitrogen and oxygen atoms in total. The number of carbonyl (C=O) groups excluding carboxylic acids is 1. The van der Waals surface area contributed by atoms with E-state index in [1.165, 1.54) is 4.31 Å². The summed E-state index contributed by atoms with van der Waals surface area (Å²) in [6, 6.07) is 10.0. The smallest absolute Gasteiger partial charge is 0.220 e. The zero-order valence-corrected chi connectivity index (χ0v) is 14.4. The van der Waals surface area contributed by atoms with Crippen LogP contribution in [0.15, 0.2) is 30.3 Å². The fraction of sp³-hybridized carbons (Fsp3) is 0.562. The summed E-state index contributed by atoms with van der Waals surface area (Å²) in [6.45, 7) is 4.44. The van der Waals surface area contributed by atoms with Gasteiger partial charge in [-0.15, -0.1) is 0 Å². The lowest BCUT2D eigenvalue weighted by molar-refractivity contribution is -0.120. The molecule has 23 heavy (non-hydrogen) atoms. The number of nitrogens with one attached hydrogen (secondary N) is 1. The molecule has 1 heterocycles. The summed E-state index contributed by atoms with van der Waals surface area (Å²) < 4.78 is 26.2. The SMILES string of the molecule is CCCC(=O)NCCS(=O)(=O)N1CCN(c2ccccc2)CC1. The molecule has 0 bridgehead atoms. The Bertz CT molecular complexity index is 596. The molecule has 2 rings (SSSR count). The lowest BCUT2D eigenvalue weighted by Crippen LogP contribution is -2.50. The van der Waals surface area contributed by atoms with E-state index >= 15 is 0 Å². The molecular weight excluding hydrogens is 314 g/mol. The van der Waals surface area contributed by atoms with E-state index in [0.29, 0.717) is 32.6 Å². The molecule has 1 aromatic carbocycles. The number of nitrogens with zero attached hydrogens (tertiary/aromatic N) is 2. The Hall–Kier alpha value is -1.60. The number of amides is 1. The van der Waals surface area contributed by atoms with Crippen LogP contribution in [-0.2, 0) is 14.8 Å². The van der Waals surface area contributed by atoms with Gasteiger partial charge in [-0.3, -0.25) is 4.79 Å². The van der Waals surface area contributed by atoms with Crippen LogP contribution in [0.25, 0.3) is 0 Å². The highest BCUT2D eigenvalue weighted by Crippen LogP contribution is 2.17. The zero-order valence-electron chi connectivity index (χ0n) is 13.6. The van der Waals surface area contributed by atoms with Crippen molar-refractivity contribution in [3.8, 4) is 0 Å². The Kier molecular flexibility index (Phi) is 6.41. The second-order valence-corrected chi connectivity index (χ2v) is 7.73. The van der Waals surface area contributed by atoms with Crippen LogP contribution < -0.4 is 10.2 Å². The fourth-order valence-electron chi connectivity index (χ4n) is 2.63. The van der Waals surface area contributed by atoms with Gasteiger partial charge in [-0.05, 0) is 18.6 Å². The highest BCUT2D eigenvalue weighted by atomic mass is 32.2. The summed E-state index contributed by atoms with van der Waals surface area (Å²) in [6.07, 6.45) is 1.20. The minimum absolute atomic E-state index is 0.0339. The van der Waals surface area contributed by atoms with E-state index in [1.54, 1.807) is 0 Å². The number of rotatable bonds is 7. The normalized spacial score (nSPS) is 16.3. The monoisotopic (exact) mass is 339 g/mol. The van der Waals surface area contributed by atoms with E-state index in [1.807, 2.05) is 37.3 Å². The Morgan fingerprint density at radius 1 is 1.13 bits per heavy atom. The molecule has 1 aliphatic rings. The van der Waals surface area contributed by atoms with E-state index in [4.69, 9.17) is 0 Å². The number of para-hydroxylation sites is 1. The first kappa shape index (κ1) is 17.7. The molecule has 0 saturated carbocycles. The maximum absolute atomic E-state index is 12.3. The summed E-state index contributed by atoms with van der Waals surface area (Å²) in [5.74, 6) is -0.120. The molecule has 1 saturated heterocycles. The van der Waals surface area contributed by atoms with Crippen LogP contribution in [0.5, 0.6) is 0 Å². The molecule has 1 aromatic rings. The zero-order chi connectivity index (χ0) is 16.7. The Morgan fingerprint density at radius 3 is 2.39 bits per heavy atom. The van der Waals surface area contributed by atoms with Gasteiger partial charge in [-0.1, -0.05) is 25.1 Å². The Labute approximate surface area is 138 Å². The predicted molar refractivity (Wildman–Crippen MR) is 91.9 cm³/mol. The molecule has 1 N–H and O–H groups in total. The molecule has 0 aliphatic carbocycles. The fourth-order valence-corrected chi connectivity index (χ4v) is 3.97. The molecule has 0 radical (unpaired) electrons. The minimum atomic E-state index is -3.31. The van der Waals surface area contributed by atoms with Crippen molar-refractivity contribution in [1.29, 1.82) is 0 Å². The van der Waals surface area contributed by atoms with E-state index in [2.05, 4.69) is 10.2 Å². The molecular formula is C16H25N3O3S. The van der Waals surface area contributed by atoms with Crippen molar-refractivity contribution in [2.75, 3.05) is 43.4 Å². The van der Waals surface area contributed by atoms with E-state index in [-0.39, 0.29) is 18.2 Å². The third-order valence-corrected chi connectivity index (χ3v) is 5.78. The first-order valence-electron chi connectivity index (χ1n) is 8.07. The standard InChI is InChI=1S/C16H25N3O3S/c1-2-6-16(20)17-9-14-23(21,22)19-12-10-18(11-13-19)15-7-4-3-5-8-15/h3-5,7-8H,2,6,9-14H2,1H3,(H,17,20). The van der Waals surface area contributed by atoms with Crippen LogP contribution in [0.4, 0.5) is 5.69 Å². The highest BCUT2D eigenvalue weighted by Gasteiger charge is 2.26. The van der Waals surface area contributed by atoms with Gasteiger partial charge in [0.2, 0.25) is 15.9 Å². The van der Waals surface area contributed by atoms with Gasteiger partial charge in [0.1, 0.15) is 0 Å².